The third-order valence-corrected chi connectivity index (χ3v) is 5.11. The van der Waals surface area contributed by atoms with Crippen LogP contribution in [0, 0.1) is 9.39 Å². The van der Waals surface area contributed by atoms with Crippen LogP contribution in [0.25, 0.3) is 0 Å². The quantitative estimate of drug-likeness (QED) is 0.218. The van der Waals surface area contributed by atoms with Gasteiger partial charge in [0.25, 0.3) is 5.91 Å². The van der Waals surface area contributed by atoms with E-state index in [0.717, 1.165) is 9.13 Å². The minimum atomic E-state index is -0.317. The molecule has 0 saturated heterocycles. The first-order valence-electron chi connectivity index (χ1n) is 9.39. The van der Waals surface area contributed by atoms with Crippen LogP contribution >= 0.6 is 34.2 Å². The number of rotatable bonds is 8. The van der Waals surface area contributed by atoms with Gasteiger partial charge >= 0.3 is 0 Å². The van der Waals surface area contributed by atoms with Gasteiger partial charge in [0.1, 0.15) is 12.4 Å². The van der Waals surface area contributed by atoms with Gasteiger partial charge in [-0.25, -0.2) is 9.82 Å². The number of hydrazone groups is 1. The van der Waals surface area contributed by atoms with Crippen LogP contribution in [-0.2, 0) is 6.61 Å². The van der Waals surface area contributed by atoms with Gasteiger partial charge in [0.05, 0.1) is 17.8 Å². The number of amides is 1. The Morgan fingerprint density at radius 2 is 1.84 bits per heavy atom. The summed E-state index contributed by atoms with van der Waals surface area (Å²) in [5, 5.41) is 4.33. The molecule has 0 unspecified atom stereocenters. The average molecular weight is 553 g/mol. The van der Waals surface area contributed by atoms with Crippen molar-refractivity contribution in [1.29, 1.82) is 0 Å². The minimum Gasteiger partial charge on any atom is -0.490 e. The van der Waals surface area contributed by atoms with E-state index in [4.69, 9.17) is 21.1 Å². The van der Waals surface area contributed by atoms with Crippen LogP contribution in [0.15, 0.2) is 65.8 Å². The monoisotopic (exact) mass is 552 g/mol. The first kappa shape index (κ1) is 23.0. The minimum absolute atomic E-state index is 0.208. The molecule has 0 radical (unpaired) electrons. The second-order valence-corrected chi connectivity index (χ2v) is 8.04. The first-order valence-corrected chi connectivity index (χ1v) is 10.8. The maximum Gasteiger partial charge on any atom is 0.271 e. The molecule has 0 atom stereocenters. The van der Waals surface area contributed by atoms with Gasteiger partial charge in [-0.1, -0.05) is 23.7 Å². The lowest BCUT2D eigenvalue weighted by atomic mass is 10.2. The summed E-state index contributed by atoms with van der Waals surface area (Å²) in [5.74, 6) is 0.202. The van der Waals surface area contributed by atoms with Crippen molar-refractivity contribution in [3.8, 4) is 11.5 Å². The zero-order chi connectivity index (χ0) is 22.2. The molecule has 3 rings (SSSR count). The number of hydrogen-bond donors (Lipinski definition) is 1. The molecule has 0 aliphatic rings. The molecule has 0 bridgehead atoms. The lowest BCUT2D eigenvalue weighted by Gasteiger charge is -2.14. The molecule has 1 amide bonds. The summed E-state index contributed by atoms with van der Waals surface area (Å²) in [6.45, 7) is 2.46. The lowest BCUT2D eigenvalue weighted by Crippen LogP contribution is -2.17. The standard InChI is InChI=1S/C23H19ClFIN2O3/c1-2-30-21-12-16(13-27-28-23(29)17-5-9-19(26)10-6-17)11-20(24)22(21)31-14-15-3-7-18(25)8-4-15/h3-13H,2,14H2,1H3,(H,28,29)/b27-13-. The Labute approximate surface area is 198 Å². The summed E-state index contributed by atoms with van der Waals surface area (Å²) in [6.07, 6.45) is 1.47. The largest absolute Gasteiger partial charge is 0.490 e. The van der Waals surface area contributed by atoms with Crippen molar-refractivity contribution >= 4 is 46.3 Å². The van der Waals surface area contributed by atoms with E-state index in [1.165, 1.54) is 18.3 Å². The van der Waals surface area contributed by atoms with Crippen molar-refractivity contribution in [2.75, 3.05) is 6.61 Å². The zero-order valence-corrected chi connectivity index (χ0v) is 19.5. The maximum absolute atomic E-state index is 13.1. The summed E-state index contributed by atoms with van der Waals surface area (Å²) >= 11 is 8.57. The van der Waals surface area contributed by atoms with Gasteiger partial charge in [0, 0.05) is 9.13 Å². The summed E-state index contributed by atoms with van der Waals surface area (Å²) in [7, 11) is 0. The van der Waals surface area contributed by atoms with Crippen molar-refractivity contribution in [2.45, 2.75) is 13.5 Å². The SMILES string of the molecule is CCOc1cc(/C=N\NC(=O)c2ccc(I)cc2)cc(Cl)c1OCc1ccc(F)cc1. The molecule has 5 nitrogen and oxygen atoms in total. The Morgan fingerprint density at radius 3 is 2.52 bits per heavy atom. The van der Waals surface area contributed by atoms with Crippen molar-refractivity contribution in [3.63, 3.8) is 0 Å². The Bertz CT molecular complexity index is 1070. The van der Waals surface area contributed by atoms with E-state index in [1.54, 1.807) is 36.4 Å². The second kappa shape index (κ2) is 11.1. The van der Waals surface area contributed by atoms with E-state index in [0.29, 0.717) is 34.3 Å². The molecule has 0 fully saturated rings. The zero-order valence-electron chi connectivity index (χ0n) is 16.6. The van der Waals surface area contributed by atoms with Gasteiger partial charge in [-0.15, -0.1) is 0 Å². The average Bonchev–Trinajstić information content (AvgIpc) is 2.75. The summed E-state index contributed by atoms with van der Waals surface area (Å²) < 4.78 is 25.6. The number of benzene rings is 3. The van der Waals surface area contributed by atoms with E-state index in [2.05, 4.69) is 33.1 Å². The van der Waals surface area contributed by atoms with E-state index in [9.17, 15) is 9.18 Å². The highest BCUT2D eigenvalue weighted by Gasteiger charge is 2.13. The number of carbonyl (C=O) groups excluding carboxylic acids is 1. The Balaban J connectivity index is 1.71. The summed E-state index contributed by atoms with van der Waals surface area (Å²) in [4.78, 5) is 12.2. The molecular weight excluding hydrogens is 534 g/mol. The van der Waals surface area contributed by atoms with Gasteiger partial charge in [-0.3, -0.25) is 4.79 Å². The molecule has 3 aromatic carbocycles. The van der Waals surface area contributed by atoms with E-state index < -0.39 is 0 Å². The predicted octanol–water partition coefficient (Wildman–Crippen LogP) is 5.83. The normalized spacial score (nSPS) is 10.8. The highest BCUT2D eigenvalue weighted by Crippen LogP contribution is 2.37. The van der Waals surface area contributed by atoms with Crippen molar-refractivity contribution in [3.05, 3.63) is 91.8 Å². The van der Waals surface area contributed by atoms with Gasteiger partial charge in [0.2, 0.25) is 0 Å². The fraction of sp³-hybridized carbons (Fsp3) is 0.130. The summed E-state index contributed by atoms with van der Waals surface area (Å²) in [5.41, 5.74) is 4.42. The van der Waals surface area contributed by atoms with Crippen molar-refractivity contribution < 1.29 is 18.7 Å². The number of halogens is 3. The van der Waals surface area contributed by atoms with Crippen molar-refractivity contribution in [2.24, 2.45) is 5.10 Å². The van der Waals surface area contributed by atoms with Crippen LogP contribution in [-0.4, -0.2) is 18.7 Å². The van der Waals surface area contributed by atoms with Gasteiger partial charge in [-0.05, 0) is 89.2 Å². The number of ether oxygens (including phenoxy) is 2. The van der Waals surface area contributed by atoms with Crippen LogP contribution in [0.5, 0.6) is 11.5 Å². The topological polar surface area (TPSA) is 59.9 Å². The van der Waals surface area contributed by atoms with Gasteiger partial charge in [-0.2, -0.15) is 5.10 Å². The maximum atomic E-state index is 13.1. The van der Waals surface area contributed by atoms with E-state index in [-0.39, 0.29) is 18.3 Å². The molecule has 0 spiro atoms. The third-order valence-electron chi connectivity index (χ3n) is 4.11. The van der Waals surface area contributed by atoms with Crippen LogP contribution < -0.4 is 14.9 Å². The molecule has 0 aliphatic heterocycles. The molecule has 3 aromatic rings. The molecule has 8 heteroatoms. The molecule has 160 valence electrons. The highest BCUT2D eigenvalue weighted by atomic mass is 127. The lowest BCUT2D eigenvalue weighted by molar-refractivity contribution is 0.0955. The van der Waals surface area contributed by atoms with Crippen LogP contribution in [0.2, 0.25) is 5.02 Å². The fourth-order valence-electron chi connectivity index (χ4n) is 2.63. The number of nitrogens with zero attached hydrogens (tertiary/aromatic N) is 1. The molecule has 0 aliphatic carbocycles. The Kier molecular flexibility index (Phi) is 8.25. The van der Waals surface area contributed by atoms with Crippen LogP contribution in [0.4, 0.5) is 4.39 Å². The first-order chi connectivity index (χ1) is 15.0. The van der Waals surface area contributed by atoms with Gasteiger partial charge in [0.15, 0.2) is 11.5 Å². The molecule has 1 N–H and O–H groups in total. The third kappa shape index (κ3) is 6.67. The number of hydrogen-bond acceptors (Lipinski definition) is 4. The fourth-order valence-corrected chi connectivity index (χ4v) is 3.27. The smallest absolute Gasteiger partial charge is 0.271 e. The predicted molar refractivity (Wildman–Crippen MR) is 128 cm³/mol. The molecular formula is C23H19ClFIN2O3. The van der Waals surface area contributed by atoms with Gasteiger partial charge < -0.3 is 9.47 Å². The molecule has 0 saturated carbocycles. The Hall–Kier alpha value is -2.65. The molecule has 0 heterocycles. The second-order valence-electron chi connectivity index (χ2n) is 6.38. The van der Waals surface area contributed by atoms with Crippen LogP contribution in [0.3, 0.4) is 0 Å². The Morgan fingerprint density at radius 1 is 1.13 bits per heavy atom. The van der Waals surface area contributed by atoms with E-state index in [1.807, 2.05) is 19.1 Å². The number of carbonyl (C=O) groups is 1. The summed E-state index contributed by atoms with van der Waals surface area (Å²) in [6, 6.07) is 16.5. The number of nitrogens with one attached hydrogen (secondary N) is 1. The van der Waals surface area contributed by atoms with Crippen LogP contribution in [0.1, 0.15) is 28.4 Å². The molecule has 31 heavy (non-hydrogen) atoms. The van der Waals surface area contributed by atoms with E-state index >= 15 is 0 Å². The molecule has 0 aromatic heterocycles. The highest BCUT2D eigenvalue weighted by molar-refractivity contribution is 14.1. The van der Waals surface area contributed by atoms with Crippen molar-refractivity contribution in [1.82, 2.24) is 5.43 Å².